The fourth-order valence-corrected chi connectivity index (χ4v) is 2.32. The van der Waals surface area contributed by atoms with E-state index in [0.29, 0.717) is 18.9 Å². The molecule has 0 radical (unpaired) electrons. The first-order valence-corrected chi connectivity index (χ1v) is 6.13. The van der Waals surface area contributed by atoms with Crippen molar-refractivity contribution < 1.29 is 14.3 Å². The Bertz CT molecular complexity index is 366. The van der Waals surface area contributed by atoms with Gasteiger partial charge in [0.15, 0.2) is 5.69 Å². The average Bonchev–Trinajstić information content (AvgIpc) is 2.80. The minimum Gasteiger partial charge on any atom is -0.461 e. The molecule has 1 unspecified atom stereocenters. The van der Waals surface area contributed by atoms with Crippen LogP contribution in [-0.4, -0.2) is 37.3 Å². The Morgan fingerprint density at radius 1 is 1.76 bits per heavy atom. The molecule has 7 heteroatoms. The lowest BCUT2D eigenvalue weighted by Crippen LogP contribution is -2.34. The summed E-state index contributed by atoms with van der Waals surface area (Å²) in [6.07, 6.45) is 0. The van der Waals surface area contributed by atoms with Gasteiger partial charge in [0.1, 0.15) is 5.01 Å². The third kappa shape index (κ3) is 3.64. The number of morpholine rings is 1. The van der Waals surface area contributed by atoms with Crippen LogP contribution in [0.15, 0.2) is 5.38 Å². The number of thiazole rings is 1. The molecule has 0 amide bonds. The Kier molecular flexibility index (Phi) is 5.84. The van der Waals surface area contributed by atoms with Crippen molar-refractivity contribution in [2.75, 3.05) is 26.4 Å². The Balaban J connectivity index is 0.00000144. The Morgan fingerprint density at radius 2 is 2.59 bits per heavy atom. The van der Waals surface area contributed by atoms with E-state index < -0.39 is 0 Å². The standard InChI is InChI=1S/C10H14N2O3S.ClH/c1-2-15-10(13)8-6-16-9(12-8)7-5-14-4-3-11-7;/h6-7,11H,2-5H2,1H3;1H. The third-order valence-electron chi connectivity index (χ3n) is 2.23. The van der Waals surface area contributed by atoms with Gasteiger partial charge in [0.2, 0.25) is 0 Å². The van der Waals surface area contributed by atoms with Gasteiger partial charge in [-0.1, -0.05) is 0 Å². The van der Waals surface area contributed by atoms with Gasteiger partial charge in [-0.2, -0.15) is 0 Å². The number of hydrogen-bond acceptors (Lipinski definition) is 6. The number of hydrogen-bond donors (Lipinski definition) is 1. The fourth-order valence-electron chi connectivity index (χ4n) is 1.47. The van der Waals surface area contributed by atoms with Gasteiger partial charge in [0, 0.05) is 11.9 Å². The van der Waals surface area contributed by atoms with Crippen LogP contribution in [0.3, 0.4) is 0 Å². The first-order chi connectivity index (χ1) is 7.81. The van der Waals surface area contributed by atoms with Gasteiger partial charge in [-0.05, 0) is 6.92 Å². The molecule has 0 spiro atoms. The molecule has 0 aliphatic carbocycles. The molecule has 1 saturated heterocycles. The third-order valence-corrected chi connectivity index (χ3v) is 3.18. The van der Waals surface area contributed by atoms with E-state index in [2.05, 4.69) is 10.3 Å². The Labute approximate surface area is 110 Å². The summed E-state index contributed by atoms with van der Waals surface area (Å²) in [6.45, 7) is 4.31. The molecule has 1 aliphatic heterocycles. The normalized spacial score (nSPS) is 19.5. The van der Waals surface area contributed by atoms with Crippen molar-refractivity contribution in [2.24, 2.45) is 0 Å². The molecule has 1 atom stereocenters. The predicted octanol–water partition coefficient (Wildman–Crippen LogP) is 1.40. The van der Waals surface area contributed by atoms with E-state index in [0.717, 1.165) is 18.2 Å². The van der Waals surface area contributed by atoms with Crippen molar-refractivity contribution in [1.29, 1.82) is 0 Å². The quantitative estimate of drug-likeness (QED) is 0.847. The molecular formula is C10H15ClN2O3S. The van der Waals surface area contributed by atoms with Gasteiger partial charge in [0.05, 0.1) is 25.9 Å². The average molecular weight is 279 g/mol. The summed E-state index contributed by atoms with van der Waals surface area (Å²) in [5.74, 6) is -0.360. The van der Waals surface area contributed by atoms with E-state index in [1.54, 1.807) is 12.3 Å². The molecule has 0 bridgehead atoms. The van der Waals surface area contributed by atoms with Crippen LogP contribution in [0.5, 0.6) is 0 Å². The largest absolute Gasteiger partial charge is 0.461 e. The van der Waals surface area contributed by atoms with Crippen LogP contribution >= 0.6 is 23.7 Å². The summed E-state index contributed by atoms with van der Waals surface area (Å²) in [6, 6.07) is 0.0990. The molecule has 2 rings (SSSR count). The van der Waals surface area contributed by atoms with E-state index in [-0.39, 0.29) is 24.4 Å². The van der Waals surface area contributed by atoms with Gasteiger partial charge in [0.25, 0.3) is 0 Å². The minimum atomic E-state index is -0.360. The first-order valence-electron chi connectivity index (χ1n) is 5.25. The molecule has 2 heterocycles. The SMILES string of the molecule is CCOC(=O)c1csc(C2COCCN2)n1.Cl. The summed E-state index contributed by atoms with van der Waals surface area (Å²) in [5, 5.41) is 5.89. The van der Waals surface area contributed by atoms with Crippen molar-refractivity contribution in [3.05, 3.63) is 16.1 Å². The first kappa shape index (κ1) is 14.4. The van der Waals surface area contributed by atoms with Crippen LogP contribution in [0.25, 0.3) is 0 Å². The van der Waals surface area contributed by atoms with Crippen molar-refractivity contribution in [3.8, 4) is 0 Å². The van der Waals surface area contributed by atoms with Gasteiger partial charge in [-0.3, -0.25) is 0 Å². The van der Waals surface area contributed by atoms with Gasteiger partial charge < -0.3 is 14.8 Å². The zero-order valence-electron chi connectivity index (χ0n) is 9.47. The molecule has 1 aromatic rings. The molecule has 5 nitrogen and oxygen atoms in total. The molecule has 0 saturated carbocycles. The Morgan fingerprint density at radius 3 is 3.24 bits per heavy atom. The Hall–Kier alpha value is -0.690. The molecular weight excluding hydrogens is 264 g/mol. The smallest absolute Gasteiger partial charge is 0.357 e. The zero-order chi connectivity index (χ0) is 11.4. The van der Waals surface area contributed by atoms with Gasteiger partial charge in [-0.15, -0.1) is 23.7 Å². The highest BCUT2D eigenvalue weighted by atomic mass is 35.5. The van der Waals surface area contributed by atoms with Crippen molar-refractivity contribution in [3.63, 3.8) is 0 Å². The summed E-state index contributed by atoms with van der Waals surface area (Å²) < 4.78 is 10.2. The lowest BCUT2D eigenvalue weighted by atomic mass is 10.3. The summed E-state index contributed by atoms with van der Waals surface area (Å²) in [4.78, 5) is 15.7. The van der Waals surface area contributed by atoms with Gasteiger partial charge >= 0.3 is 5.97 Å². The number of rotatable bonds is 3. The molecule has 96 valence electrons. The molecule has 1 fully saturated rings. The lowest BCUT2D eigenvalue weighted by Gasteiger charge is -2.21. The number of carbonyl (C=O) groups is 1. The molecule has 17 heavy (non-hydrogen) atoms. The number of esters is 1. The molecule has 1 N–H and O–H groups in total. The molecule has 1 aromatic heterocycles. The van der Waals surface area contributed by atoms with E-state index >= 15 is 0 Å². The van der Waals surface area contributed by atoms with Crippen LogP contribution in [0.1, 0.15) is 28.5 Å². The monoisotopic (exact) mass is 278 g/mol. The van der Waals surface area contributed by atoms with E-state index in [1.165, 1.54) is 11.3 Å². The topological polar surface area (TPSA) is 60.5 Å². The molecule has 0 aromatic carbocycles. The second-order valence-corrected chi connectivity index (χ2v) is 4.26. The second kappa shape index (κ2) is 6.90. The van der Waals surface area contributed by atoms with Crippen molar-refractivity contribution >= 4 is 29.7 Å². The zero-order valence-corrected chi connectivity index (χ0v) is 11.1. The van der Waals surface area contributed by atoms with Crippen LogP contribution in [0.4, 0.5) is 0 Å². The van der Waals surface area contributed by atoms with Crippen LogP contribution in [0, 0.1) is 0 Å². The van der Waals surface area contributed by atoms with Crippen LogP contribution < -0.4 is 5.32 Å². The van der Waals surface area contributed by atoms with Gasteiger partial charge in [-0.25, -0.2) is 9.78 Å². The second-order valence-electron chi connectivity index (χ2n) is 3.37. The van der Waals surface area contributed by atoms with Crippen LogP contribution in [-0.2, 0) is 9.47 Å². The maximum absolute atomic E-state index is 11.4. The van der Waals surface area contributed by atoms with Crippen molar-refractivity contribution in [2.45, 2.75) is 13.0 Å². The number of ether oxygens (including phenoxy) is 2. The summed E-state index contributed by atoms with van der Waals surface area (Å²) in [5.41, 5.74) is 0.384. The number of aromatic nitrogens is 1. The number of nitrogens with zero attached hydrogens (tertiary/aromatic N) is 1. The van der Waals surface area contributed by atoms with Crippen molar-refractivity contribution in [1.82, 2.24) is 10.3 Å². The highest BCUT2D eigenvalue weighted by Gasteiger charge is 2.20. The molecule has 1 aliphatic rings. The fraction of sp³-hybridized carbons (Fsp3) is 0.600. The number of nitrogens with one attached hydrogen (secondary N) is 1. The van der Waals surface area contributed by atoms with E-state index in [9.17, 15) is 4.79 Å². The van der Waals surface area contributed by atoms with Crippen LogP contribution in [0.2, 0.25) is 0 Å². The minimum absolute atomic E-state index is 0. The van der Waals surface area contributed by atoms with E-state index in [4.69, 9.17) is 9.47 Å². The lowest BCUT2D eigenvalue weighted by molar-refractivity contribution is 0.0518. The highest BCUT2D eigenvalue weighted by molar-refractivity contribution is 7.09. The number of halogens is 1. The number of carbonyl (C=O) groups excluding carboxylic acids is 1. The summed E-state index contributed by atoms with van der Waals surface area (Å²) >= 11 is 1.46. The maximum Gasteiger partial charge on any atom is 0.357 e. The summed E-state index contributed by atoms with van der Waals surface area (Å²) in [7, 11) is 0. The highest BCUT2D eigenvalue weighted by Crippen LogP contribution is 2.20. The van der Waals surface area contributed by atoms with E-state index in [1.807, 2.05) is 0 Å². The predicted molar refractivity (Wildman–Crippen MR) is 66.9 cm³/mol. The maximum atomic E-state index is 11.4.